The second-order valence-electron chi connectivity index (χ2n) is 1.69. The fourth-order valence-corrected chi connectivity index (χ4v) is 0.542. The smallest absolute Gasteiger partial charge is 0.161 e. The topological polar surface area (TPSA) is 29.4 Å². The lowest BCUT2D eigenvalue weighted by Crippen LogP contribution is -1.79. The highest BCUT2D eigenvalue weighted by Crippen LogP contribution is 2.14. The first kappa shape index (κ1) is 6.80. The summed E-state index contributed by atoms with van der Waals surface area (Å²) in [6.07, 6.45) is 0. The van der Waals surface area contributed by atoms with Gasteiger partial charge in [0, 0.05) is 6.07 Å². The van der Waals surface area contributed by atoms with Crippen molar-refractivity contribution in [1.29, 1.82) is 0 Å². The van der Waals surface area contributed by atoms with Crippen LogP contribution >= 0.6 is 0 Å². The average Bonchev–Trinajstić information content (AvgIpc) is 1.95. The summed E-state index contributed by atoms with van der Waals surface area (Å²) >= 11 is 0. The molecule has 4 heteroatoms. The fourth-order valence-electron chi connectivity index (χ4n) is 0.542. The minimum atomic E-state index is -1.06. The van der Waals surface area contributed by atoms with Crippen LogP contribution < -0.4 is 0 Å². The first-order valence-electron chi connectivity index (χ1n) is 2.52. The highest BCUT2D eigenvalue weighted by molar-refractivity contribution is 5.36. The van der Waals surface area contributed by atoms with E-state index in [1.54, 1.807) is 0 Å². The number of halogens is 2. The van der Waals surface area contributed by atoms with Gasteiger partial charge in [0.1, 0.15) is 5.69 Å². The van der Waals surface area contributed by atoms with E-state index in [4.69, 9.17) is 0 Å². The molecule has 0 aromatic heterocycles. The normalized spacial score (nSPS) is 9.40. The Labute approximate surface area is 55.5 Å². The summed E-state index contributed by atoms with van der Waals surface area (Å²) in [5.41, 5.74) is -0.112. The monoisotopic (exact) mass is 143 g/mol. The molecule has 0 aliphatic heterocycles. The van der Waals surface area contributed by atoms with E-state index >= 15 is 0 Å². The van der Waals surface area contributed by atoms with Gasteiger partial charge in [0.15, 0.2) is 11.6 Å². The Bertz CT molecular complexity index is 262. The Kier molecular flexibility index (Phi) is 1.71. The molecule has 0 heterocycles. The first-order chi connectivity index (χ1) is 4.74. The number of nitrogens with zero attached hydrogens (tertiary/aromatic N) is 1. The summed E-state index contributed by atoms with van der Waals surface area (Å²) in [5.74, 6) is -2.04. The van der Waals surface area contributed by atoms with Gasteiger partial charge in [-0.2, -0.15) is 0 Å². The van der Waals surface area contributed by atoms with Crippen molar-refractivity contribution in [3.8, 4) is 0 Å². The zero-order chi connectivity index (χ0) is 7.56. The summed E-state index contributed by atoms with van der Waals surface area (Å²) in [6.45, 7) is 0. The molecule has 0 radical (unpaired) electrons. The minimum absolute atomic E-state index is 0.112. The second kappa shape index (κ2) is 2.51. The standard InChI is InChI=1S/C6H3F2NO/c7-5-2-1-4(9-10)3-6(5)8/h1-3H. The third-order valence-corrected chi connectivity index (χ3v) is 1.01. The molecule has 0 bridgehead atoms. The van der Waals surface area contributed by atoms with Crippen LogP contribution in [0.5, 0.6) is 0 Å². The molecule has 0 saturated carbocycles. The van der Waals surface area contributed by atoms with Gasteiger partial charge in [-0.15, -0.1) is 4.91 Å². The lowest BCUT2D eigenvalue weighted by Gasteiger charge is -1.89. The molecular formula is C6H3F2NO. The van der Waals surface area contributed by atoms with Gasteiger partial charge in [-0.05, 0) is 17.3 Å². The van der Waals surface area contributed by atoms with Crippen LogP contribution in [0.4, 0.5) is 14.5 Å². The van der Waals surface area contributed by atoms with E-state index in [0.717, 1.165) is 18.2 Å². The molecule has 0 atom stereocenters. The Morgan fingerprint density at radius 2 is 1.90 bits per heavy atom. The third-order valence-electron chi connectivity index (χ3n) is 1.01. The Balaban J connectivity index is 3.16. The van der Waals surface area contributed by atoms with Crippen molar-refractivity contribution in [1.82, 2.24) is 0 Å². The molecule has 10 heavy (non-hydrogen) atoms. The molecule has 0 fully saturated rings. The van der Waals surface area contributed by atoms with E-state index in [2.05, 4.69) is 5.18 Å². The second-order valence-corrected chi connectivity index (χ2v) is 1.69. The number of hydrogen-bond donors (Lipinski definition) is 0. The summed E-state index contributed by atoms with van der Waals surface area (Å²) in [5, 5.41) is 2.42. The molecule has 0 N–H and O–H groups in total. The van der Waals surface area contributed by atoms with Gasteiger partial charge in [0.05, 0.1) is 0 Å². The zero-order valence-corrected chi connectivity index (χ0v) is 4.84. The number of rotatable bonds is 1. The lowest BCUT2D eigenvalue weighted by molar-refractivity contribution is 0.509. The van der Waals surface area contributed by atoms with Gasteiger partial charge in [0.2, 0.25) is 0 Å². The third kappa shape index (κ3) is 1.15. The Morgan fingerprint density at radius 1 is 1.20 bits per heavy atom. The van der Waals surface area contributed by atoms with Gasteiger partial charge in [0.25, 0.3) is 0 Å². The van der Waals surface area contributed by atoms with Crippen molar-refractivity contribution in [3.63, 3.8) is 0 Å². The molecule has 1 rings (SSSR count). The Hall–Kier alpha value is -1.32. The van der Waals surface area contributed by atoms with Crippen molar-refractivity contribution < 1.29 is 8.78 Å². The van der Waals surface area contributed by atoms with Crippen LogP contribution in [0, 0.1) is 16.5 Å². The maximum Gasteiger partial charge on any atom is 0.161 e. The molecular weight excluding hydrogens is 140 g/mol. The van der Waals surface area contributed by atoms with E-state index in [9.17, 15) is 13.7 Å². The summed E-state index contributed by atoms with van der Waals surface area (Å²) in [4.78, 5) is 9.73. The molecule has 1 aromatic carbocycles. The van der Waals surface area contributed by atoms with Crippen LogP contribution in [0.25, 0.3) is 0 Å². The van der Waals surface area contributed by atoms with Gasteiger partial charge < -0.3 is 0 Å². The SMILES string of the molecule is O=Nc1ccc(F)c(F)c1. The summed E-state index contributed by atoms with van der Waals surface area (Å²) in [6, 6.07) is 2.69. The predicted molar refractivity (Wildman–Crippen MR) is 31.8 cm³/mol. The van der Waals surface area contributed by atoms with Gasteiger partial charge in [-0.1, -0.05) is 0 Å². The van der Waals surface area contributed by atoms with Crippen LogP contribution in [0.1, 0.15) is 0 Å². The molecule has 0 unspecified atom stereocenters. The average molecular weight is 143 g/mol. The zero-order valence-electron chi connectivity index (χ0n) is 4.84. The quantitative estimate of drug-likeness (QED) is 0.555. The molecule has 2 nitrogen and oxygen atoms in total. The van der Waals surface area contributed by atoms with Crippen molar-refractivity contribution in [2.45, 2.75) is 0 Å². The number of hydrogen-bond acceptors (Lipinski definition) is 2. The van der Waals surface area contributed by atoms with Crippen molar-refractivity contribution in [2.24, 2.45) is 5.18 Å². The fraction of sp³-hybridized carbons (Fsp3) is 0. The van der Waals surface area contributed by atoms with Crippen LogP contribution in [0.3, 0.4) is 0 Å². The van der Waals surface area contributed by atoms with Crippen LogP contribution in [0.15, 0.2) is 23.4 Å². The molecule has 0 aliphatic rings. The van der Waals surface area contributed by atoms with Gasteiger partial charge in [-0.25, -0.2) is 8.78 Å². The van der Waals surface area contributed by atoms with E-state index in [1.165, 1.54) is 0 Å². The molecule has 0 spiro atoms. The number of benzene rings is 1. The lowest BCUT2D eigenvalue weighted by atomic mass is 10.3. The predicted octanol–water partition coefficient (Wildman–Crippen LogP) is 2.36. The maximum absolute atomic E-state index is 12.2. The molecule has 0 saturated heterocycles. The maximum atomic E-state index is 12.2. The van der Waals surface area contributed by atoms with E-state index in [-0.39, 0.29) is 5.69 Å². The molecule has 0 aliphatic carbocycles. The molecule has 0 amide bonds. The van der Waals surface area contributed by atoms with Crippen LogP contribution in [-0.2, 0) is 0 Å². The van der Waals surface area contributed by atoms with Crippen molar-refractivity contribution in [3.05, 3.63) is 34.7 Å². The Morgan fingerprint density at radius 3 is 2.40 bits per heavy atom. The van der Waals surface area contributed by atoms with Gasteiger partial charge >= 0.3 is 0 Å². The first-order valence-corrected chi connectivity index (χ1v) is 2.52. The number of nitroso groups, excluding NO2 is 1. The minimum Gasteiger partial charge on any atom is -0.204 e. The highest BCUT2D eigenvalue weighted by Gasteiger charge is 2.00. The van der Waals surface area contributed by atoms with Gasteiger partial charge in [-0.3, -0.25) is 0 Å². The largest absolute Gasteiger partial charge is 0.204 e. The van der Waals surface area contributed by atoms with E-state index in [1.807, 2.05) is 0 Å². The highest BCUT2D eigenvalue weighted by atomic mass is 19.2. The van der Waals surface area contributed by atoms with Crippen LogP contribution in [0.2, 0.25) is 0 Å². The van der Waals surface area contributed by atoms with Crippen molar-refractivity contribution in [2.75, 3.05) is 0 Å². The molecule has 1 aromatic rings. The van der Waals surface area contributed by atoms with Crippen LogP contribution in [-0.4, -0.2) is 0 Å². The van der Waals surface area contributed by atoms with Crippen molar-refractivity contribution >= 4 is 5.69 Å². The summed E-state index contributed by atoms with van der Waals surface area (Å²) in [7, 11) is 0. The molecule has 52 valence electrons. The van der Waals surface area contributed by atoms with E-state index in [0.29, 0.717) is 0 Å². The summed E-state index contributed by atoms with van der Waals surface area (Å²) < 4.78 is 24.3. The van der Waals surface area contributed by atoms with E-state index < -0.39 is 11.6 Å².